The lowest BCUT2D eigenvalue weighted by Crippen LogP contribution is -2.50. The molecule has 36 heavy (non-hydrogen) atoms. The van der Waals surface area contributed by atoms with E-state index in [4.69, 9.17) is 4.74 Å². The molecular formula is C26H28F2N4O3S. The number of hydrogen-bond donors (Lipinski definition) is 0. The van der Waals surface area contributed by atoms with E-state index in [1.807, 2.05) is 35.2 Å². The van der Waals surface area contributed by atoms with Gasteiger partial charge < -0.3 is 14.2 Å². The number of fused-ring (bicyclic) bond motifs is 1. The van der Waals surface area contributed by atoms with Crippen molar-refractivity contribution in [1.82, 2.24) is 14.1 Å². The van der Waals surface area contributed by atoms with E-state index in [0.717, 1.165) is 10.2 Å². The minimum atomic E-state index is -1.38. The van der Waals surface area contributed by atoms with E-state index in [9.17, 15) is 13.7 Å². The van der Waals surface area contributed by atoms with E-state index >= 15 is 4.39 Å². The Morgan fingerprint density at radius 2 is 1.86 bits per heavy atom. The van der Waals surface area contributed by atoms with Gasteiger partial charge in [0.15, 0.2) is 6.17 Å². The molecule has 0 N–H and O–H groups in total. The van der Waals surface area contributed by atoms with Gasteiger partial charge in [0, 0.05) is 30.9 Å². The Labute approximate surface area is 211 Å². The Bertz CT molecular complexity index is 1300. The van der Waals surface area contributed by atoms with Crippen LogP contribution in [-0.4, -0.2) is 56.2 Å². The van der Waals surface area contributed by atoms with Crippen LogP contribution in [0.15, 0.2) is 59.5 Å². The second-order valence-corrected chi connectivity index (χ2v) is 11.3. The van der Waals surface area contributed by atoms with Crippen LogP contribution in [0.5, 0.6) is 5.75 Å². The number of halogens is 2. The van der Waals surface area contributed by atoms with E-state index in [2.05, 4.69) is 5.10 Å². The maximum Gasteiger partial charge on any atom is 0.316 e. The number of nitrogens with zero attached hydrogens (tertiary/aromatic N) is 4. The molecule has 5 rings (SSSR count). The van der Waals surface area contributed by atoms with E-state index in [1.54, 1.807) is 18.2 Å². The largest absolute Gasteiger partial charge is 0.598 e. The zero-order chi connectivity index (χ0) is 25.4. The maximum atomic E-state index is 15.3. The van der Waals surface area contributed by atoms with Crippen molar-refractivity contribution in [3.63, 3.8) is 0 Å². The third-order valence-corrected chi connectivity index (χ3v) is 8.25. The van der Waals surface area contributed by atoms with Gasteiger partial charge in [-0.25, -0.2) is 8.78 Å². The lowest BCUT2D eigenvalue weighted by Gasteiger charge is -2.37. The molecule has 2 unspecified atom stereocenters. The zero-order valence-corrected chi connectivity index (χ0v) is 21.0. The lowest BCUT2D eigenvalue weighted by molar-refractivity contribution is 0.113. The number of hydrogen-bond acceptors (Lipinski definition) is 6. The molecular weight excluding hydrogens is 486 g/mol. The smallest absolute Gasteiger partial charge is 0.316 e. The summed E-state index contributed by atoms with van der Waals surface area (Å²) >= 11 is -1.09. The van der Waals surface area contributed by atoms with Gasteiger partial charge in [0.25, 0.3) is 0 Å². The zero-order valence-electron chi connectivity index (χ0n) is 20.1. The number of benzene rings is 2. The number of ether oxygens (including phenoxy) is 1. The Kier molecular flexibility index (Phi) is 7.00. The molecule has 0 bridgehead atoms. The van der Waals surface area contributed by atoms with Crippen molar-refractivity contribution in [3.05, 3.63) is 82.0 Å². The highest BCUT2D eigenvalue weighted by Gasteiger charge is 2.36. The summed E-state index contributed by atoms with van der Waals surface area (Å²) in [5.41, 5.74) is 1.52. The molecule has 0 amide bonds. The average Bonchev–Trinajstić information content (AvgIpc) is 3.20. The number of aromatic nitrogens is 2. The molecule has 1 aliphatic heterocycles. The van der Waals surface area contributed by atoms with Crippen molar-refractivity contribution in [3.8, 4) is 11.4 Å². The number of anilines is 1. The normalized spacial score (nSPS) is 21.0. The maximum absolute atomic E-state index is 15.3. The van der Waals surface area contributed by atoms with Crippen LogP contribution >= 0.6 is 0 Å². The van der Waals surface area contributed by atoms with Crippen LogP contribution in [0.4, 0.5) is 14.5 Å². The Morgan fingerprint density at radius 1 is 1.11 bits per heavy atom. The van der Waals surface area contributed by atoms with Gasteiger partial charge in [0.2, 0.25) is 5.75 Å². The summed E-state index contributed by atoms with van der Waals surface area (Å²) in [6.45, 7) is 5.91. The fourth-order valence-corrected chi connectivity index (χ4v) is 5.85. The van der Waals surface area contributed by atoms with Crippen molar-refractivity contribution in [2.45, 2.75) is 37.8 Å². The Balaban J connectivity index is 1.48. The molecule has 1 fully saturated rings. The van der Waals surface area contributed by atoms with Crippen molar-refractivity contribution in [1.29, 1.82) is 0 Å². The third-order valence-electron chi connectivity index (χ3n) is 6.57. The summed E-state index contributed by atoms with van der Waals surface area (Å²) in [5.74, 6) is -0.523. The lowest BCUT2D eigenvalue weighted by atomic mass is 10.1. The van der Waals surface area contributed by atoms with E-state index < -0.39 is 35.0 Å². The van der Waals surface area contributed by atoms with Crippen molar-refractivity contribution in [2.24, 2.45) is 0 Å². The summed E-state index contributed by atoms with van der Waals surface area (Å²) in [6, 6.07) is 12.8. The molecule has 2 aromatic carbocycles. The number of rotatable bonds is 6. The summed E-state index contributed by atoms with van der Waals surface area (Å²) in [6.07, 6.45) is -0.410. The molecule has 0 spiro atoms. The third kappa shape index (κ3) is 4.72. The van der Waals surface area contributed by atoms with E-state index in [0.29, 0.717) is 43.9 Å². The molecule has 1 saturated heterocycles. The van der Waals surface area contributed by atoms with Gasteiger partial charge >= 0.3 is 5.56 Å². The fraction of sp³-hybridized carbons (Fsp3) is 0.385. The summed E-state index contributed by atoms with van der Waals surface area (Å²) in [7, 11) is 0. The van der Waals surface area contributed by atoms with Crippen LogP contribution in [0.25, 0.3) is 5.69 Å². The van der Waals surface area contributed by atoms with Gasteiger partial charge in [-0.1, -0.05) is 30.3 Å². The second-order valence-electron chi connectivity index (χ2n) is 9.26. The summed E-state index contributed by atoms with van der Waals surface area (Å²) in [4.78, 5) is 15.6. The second kappa shape index (κ2) is 10.2. The van der Waals surface area contributed by atoms with Crippen molar-refractivity contribution in [2.75, 3.05) is 31.1 Å². The molecule has 10 heteroatoms. The average molecular weight is 515 g/mol. The van der Waals surface area contributed by atoms with Gasteiger partial charge in [0.1, 0.15) is 22.9 Å². The first-order valence-corrected chi connectivity index (χ1v) is 13.2. The highest BCUT2D eigenvalue weighted by atomic mass is 32.2. The molecule has 3 atom stereocenters. The van der Waals surface area contributed by atoms with Gasteiger partial charge in [-0.15, -0.1) is 4.31 Å². The molecule has 1 aromatic heterocycles. The molecule has 3 aromatic rings. The molecule has 2 heterocycles. The van der Waals surface area contributed by atoms with Gasteiger partial charge in [0.05, 0.1) is 25.0 Å². The topological polar surface area (TPSA) is 73.7 Å². The summed E-state index contributed by atoms with van der Waals surface area (Å²) < 4.78 is 50.8. The molecule has 7 nitrogen and oxygen atoms in total. The minimum absolute atomic E-state index is 0.0118. The van der Waals surface area contributed by atoms with Crippen LogP contribution in [0, 0.1) is 5.82 Å². The fourth-order valence-electron chi connectivity index (χ4n) is 4.73. The van der Waals surface area contributed by atoms with Crippen LogP contribution in [0.3, 0.4) is 0 Å². The Morgan fingerprint density at radius 3 is 2.56 bits per heavy atom. The van der Waals surface area contributed by atoms with Crippen LogP contribution in [0.2, 0.25) is 0 Å². The monoisotopic (exact) mass is 514 g/mol. The molecule has 2 aliphatic rings. The van der Waals surface area contributed by atoms with Crippen LogP contribution in [-0.2, 0) is 17.8 Å². The van der Waals surface area contributed by atoms with Gasteiger partial charge in [-0.2, -0.15) is 9.78 Å². The van der Waals surface area contributed by atoms with Crippen LogP contribution < -0.4 is 15.2 Å². The minimum Gasteiger partial charge on any atom is -0.598 e. The number of piperazine rings is 1. The SMILES string of the molecule is CC(C)[S@@+]([O-])N1CCN(c2cnn(-c3cccc(F)c3)c(=O)c2OC2Cc3ccccc3C2F)CC1. The predicted octanol–water partition coefficient (Wildman–Crippen LogP) is 3.58. The van der Waals surface area contributed by atoms with E-state index in [1.165, 1.54) is 24.4 Å². The van der Waals surface area contributed by atoms with Gasteiger partial charge in [-0.3, -0.25) is 4.79 Å². The molecule has 1 aliphatic carbocycles. The molecule has 0 radical (unpaired) electrons. The highest BCUT2D eigenvalue weighted by Crippen LogP contribution is 2.38. The quantitative estimate of drug-likeness (QED) is 0.469. The highest BCUT2D eigenvalue weighted by molar-refractivity contribution is 7.89. The van der Waals surface area contributed by atoms with Gasteiger partial charge in [-0.05, 0) is 43.2 Å². The predicted molar refractivity (Wildman–Crippen MR) is 135 cm³/mol. The standard InChI is InChI=1S/C26H28F2N4O3S/c1-17(2)36(34)31-12-10-30(11-13-31)22-16-29-32(20-8-5-7-19(27)15-20)26(33)25(22)35-23-14-18-6-3-4-9-21(18)24(23)28/h3-9,15-17,23-24H,10-14H2,1-2H3/t23?,24?,36-/m1/s1. The van der Waals surface area contributed by atoms with Crippen LogP contribution in [0.1, 0.15) is 31.1 Å². The van der Waals surface area contributed by atoms with Crippen molar-refractivity contribution < 1.29 is 18.1 Å². The van der Waals surface area contributed by atoms with E-state index in [-0.39, 0.29) is 16.7 Å². The van der Waals surface area contributed by atoms with Crippen molar-refractivity contribution >= 4 is 17.0 Å². The first-order chi connectivity index (χ1) is 17.3. The first-order valence-electron chi connectivity index (χ1n) is 12.0. The molecule has 0 saturated carbocycles. The Hall–Kier alpha value is -2.95. The number of alkyl halides is 1. The molecule has 190 valence electrons. The summed E-state index contributed by atoms with van der Waals surface area (Å²) in [5, 5.41) is 4.30. The first kappa shape index (κ1) is 24.7.